The topological polar surface area (TPSA) is 17.1 Å². The first-order valence-corrected chi connectivity index (χ1v) is 3.69. The minimum Gasteiger partial charge on any atom is -0.298 e. The Hall–Kier alpha value is -1.39. The maximum atomic E-state index is 13.1. The molecule has 0 aliphatic heterocycles. The summed E-state index contributed by atoms with van der Waals surface area (Å²) in [6.45, 7) is 0.991. The van der Waals surface area contributed by atoms with Crippen molar-refractivity contribution in [2.75, 3.05) is 0 Å². The lowest BCUT2D eigenvalue weighted by Crippen LogP contribution is -2.09. The molecule has 5 heteroatoms. The highest BCUT2D eigenvalue weighted by atomic mass is 19.4. The second kappa shape index (κ2) is 3.40. The Kier molecular flexibility index (Phi) is 2.59. The molecule has 0 bridgehead atoms. The number of benzene rings is 1. The van der Waals surface area contributed by atoms with Gasteiger partial charge in [-0.15, -0.1) is 0 Å². The molecule has 0 N–H and O–H groups in total. The number of alkyl halides is 3. The summed E-state index contributed by atoms with van der Waals surface area (Å²) in [7, 11) is 0. The SMILES string of the molecule is Cc1c(C(F)(F)F)ccc(C=O)c1F. The van der Waals surface area contributed by atoms with Gasteiger partial charge < -0.3 is 0 Å². The van der Waals surface area contributed by atoms with Gasteiger partial charge in [0.1, 0.15) is 5.82 Å². The van der Waals surface area contributed by atoms with Gasteiger partial charge in [0, 0.05) is 0 Å². The number of hydrogen-bond donors (Lipinski definition) is 0. The lowest BCUT2D eigenvalue weighted by Gasteiger charge is -2.11. The molecule has 76 valence electrons. The standard InChI is InChI=1S/C9H6F4O/c1-5-7(9(11,12)13)3-2-6(4-14)8(5)10/h2-4H,1H3. The van der Waals surface area contributed by atoms with E-state index < -0.39 is 23.1 Å². The van der Waals surface area contributed by atoms with E-state index >= 15 is 0 Å². The van der Waals surface area contributed by atoms with E-state index in [0.29, 0.717) is 6.07 Å². The van der Waals surface area contributed by atoms with Crippen molar-refractivity contribution in [3.8, 4) is 0 Å². The van der Waals surface area contributed by atoms with Crippen LogP contribution < -0.4 is 0 Å². The van der Waals surface area contributed by atoms with Crippen molar-refractivity contribution in [2.24, 2.45) is 0 Å². The minimum absolute atomic E-state index is 0.183. The van der Waals surface area contributed by atoms with Crippen molar-refractivity contribution in [3.63, 3.8) is 0 Å². The summed E-state index contributed by atoms with van der Waals surface area (Å²) in [6, 6.07) is 1.51. The Morgan fingerprint density at radius 3 is 2.29 bits per heavy atom. The van der Waals surface area contributed by atoms with E-state index in [-0.39, 0.29) is 11.8 Å². The summed E-state index contributed by atoms with van der Waals surface area (Å²) in [5.41, 5.74) is -1.97. The fraction of sp³-hybridized carbons (Fsp3) is 0.222. The van der Waals surface area contributed by atoms with Gasteiger partial charge in [0.25, 0.3) is 0 Å². The largest absolute Gasteiger partial charge is 0.416 e. The maximum Gasteiger partial charge on any atom is 0.416 e. The third-order valence-electron chi connectivity index (χ3n) is 1.85. The zero-order chi connectivity index (χ0) is 10.9. The van der Waals surface area contributed by atoms with Crippen molar-refractivity contribution in [1.29, 1.82) is 0 Å². The Balaban J connectivity index is 3.38. The van der Waals surface area contributed by atoms with Gasteiger partial charge in [-0.1, -0.05) is 0 Å². The average Bonchev–Trinajstić information content (AvgIpc) is 2.07. The zero-order valence-electron chi connectivity index (χ0n) is 7.15. The number of rotatable bonds is 1. The van der Waals surface area contributed by atoms with Crippen molar-refractivity contribution in [1.82, 2.24) is 0 Å². The molecule has 0 aromatic heterocycles. The van der Waals surface area contributed by atoms with Gasteiger partial charge >= 0.3 is 6.18 Å². The van der Waals surface area contributed by atoms with Gasteiger partial charge in [-0.25, -0.2) is 4.39 Å². The summed E-state index contributed by atoms with van der Waals surface area (Å²) in [6.07, 6.45) is -4.41. The Labute approximate surface area is 77.3 Å². The van der Waals surface area contributed by atoms with Gasteiger partial charge in [-0.2, -0.15) is 13.2 Å². The molecular weight excluding hydrogens is 200 g/mol. The normalized spacial score (nSPS) is 11.5. The van der Waals surface area contributed by atoms with Gasteiger partial charge in [-0.05, 0) is 24.6 Å². The molecule has 0 aliphatic carbocycles. The first kappa shape index (κ1) is 10.7. The second-order valence-electron chi connectivity index (χ2n) is 2.76. The molecule has 0 atom stereocenters. The average molecular weight is 206 g/mol. The van der Waals surface area contributed by atoms with Crippen LogP contribution >= 0.6 is 0 Å². The highest BCUT2D eigenvalue weighted by Gasteiger charge is 2.33. The smallest absolute Gasteiger partial charge is 0.298 e. The fourth-order valence-corrected chi connectivity index (χ4v) is 1.10. The molecule has 0 saturated carbocycles. The first-order valence-electron chi connectivity index (χ1n) is 3.69. The zero-order valence-corrected chi connectivity index (χ0v) is 7.15. The molecule has 0 spiro atoms. The van der Waals surface area contributed by atoms with E-state index in [1.807, 2.05) is 0 Å². The van der Waals surface area contributed by atoms with Crippen molar-refractivity contribution in [3.05, 3.63) is 34.6 Å². The van der Waals surface area contributed by atoms with Crippen LogP contribution in [0.2, 0.25) is 0 Å². The molecule has 14 heavy (non-hydrogen) atoms. The summed E-state index contributed by atoms with van der Waals surface area (Å²) in [5.74, 6) is -1.12. The van der Waals surface area contributed by atoms with Crippen molar-refractivity contribution >= 4 is 6.29 Å². The third-order valence-corrected chi connectivity index (χ3v) is 1.85. The van der Waals surface area contributed by atoms with E-state index in [4.69, 9.17) is 0 Å². The third kappa shape index (κ3) is 1.76. The van der Waals surface area contributed by atoms with Crippen molar-refractivity contribution in [2.45, 2.75) is 13.1 Å². The van der Waals surface area contributed by atoms with Gasteiger partial charge in [-0.3, -0.25) is 4.79 Å². The molecule has 0 heterocycles. The minimum atomic E-state index is -4.59. The van der Waals surface area contributed by atoms with Crippen LogP contribution in [0.1, 0.15) is 21.5 Å². The molecule has 1 aromatic rings. The highest BCUT2D eigenvalue weighted by molar-refractivity contribution is 5.75. The van der Waals surface area contributed by atoms with Crippen molar-refractivity contribution < 1.29 is 22.4 Å². The van der Waals surface area contributed by atoms with Gasteiger partial charge in [0.2, 0.25) is 0 Å². The van der Waals surface area contributed by atoms with Gasteiger partial charge in [0.05, 0.1) is 11.1 Å². The van der Waals surface area contributed by atoms with Crippen LogP contribution in [0.15, 0.2) is 12.1 Å². The maximum absolute atomic E-state index is 13.1. The predicted molar refractivity (Wildman–Crippen MR) is 41.5 cm³/mol. The number of hydrogen-bond acceptors (Lipinski definition) is 1. The van der Waals surface area contributed by atoms with E-state index in [1.165, 1.54) is 0 Å². The van der Waals surface area contributed by atoms with E-state index in [9.17, 15) is 22.4 Å². The molecule has 0 aliphatic rings. The molecule has 0 saturated heterocycles. The molecule has 1 nitrogen and oxygen atoms in total. The number of aldehydes is 1. The van der Waals surface area contributed by atoms with Crippen LogP contribution in [-0.4, -0.2) is 6.29 Å². The molecule has 0 fully saturated rings. The van der Waals surface area contributed by atoms with Gasteiger partial charge in [0.15, 0.2) is 6.29 Å². The summed E-state index contributed by atoms with van der Waals surface area (Å²) in [5, 5.41) is 0. The quantitative estimate of drug-likeness (QED) is 0.510. The monoisotopic (exact) mass is 206 g/mol. The summed E-state index contributed by atoms with van der Waals surface area (Å²) < 4.78 is 49.7. The van der Waals surface area contributed by atoms with E-state index in [2.05, 4.69) is 0 Å². The van der Waals surface area contributed by atoms with Crippen LogP contribution in [0.4, 0.5) is 17.6 Å². The molecule has 0 radical (unpaired) electrons. The van der Waals surface area contributed by atoms with Crippen LogP contribution in [0.25, 0.3) is 0 Å². The highest BCUT2D eigenvalue weighted by Crippen LogP contribution is 2.33. The Morgan fingerprint density at radius 1 is 1.29 bits per heavy atom. The van der Waals surface area contributed by atoms with E-state index in [1.54, 1.807) is 0 Å². The predicted octanol–water partition coefficient (Wildman–Crippen LogP) is 2.97. The van der Waals surface area contributed by atoms with E-state index in [0.717, 1.165) is 13.0 Å². The van der Waals surface area contributed by atoms with Crippen LogP contribution in [0.5, 0.6) is 0 Å². The lowest BCUT2D eigenvalue weighted by molar-refractivity contribution is -0.138. The Morgan fingerprint density at radius 2 is 1.86 bits per heavy atom. The number of carbonyl (C=O) groups excluding carboxylic acids is 1. The summed E-state index contributed by atoms with van der Waals surface area (Å²) >= 11 is 0. The van der Waals surface area contributed by atoms with Crippen LogP contribution in [-0.2, 0) is 6.18 Å². The number of halogens is 4. The number of carbonyl (C=O) groups is 1. The molecule has 0 amide bonds. The first-order chi connectivity index (χ1) is 6.38. The van der Waals surface area contributed by atoms with Crippen LogP contribution in [0, 0.1) is 12.7 Å². The molecule has 1 aromatic carbocycles. The molecule has 0 unspecified atom stereocenters. The molecule has 1 rings (SSSR count). The summed E-state index contributed by atoms with van der Waals surface area (Å²) in [4.78, 5) is 10.2. The second-order valence-corrected chi connectivity index (χ2v) is 2.76. The fourth-order valence-electron chi connectivity index (χ4n) is 1.10. The van der Waals surface area contributed by atoms with Crippen LogP contribution in [0.3, 0.4) is 0 Å². The Bertz CT molecular complexity index is 368. The lowest BCUT2D eigenvalue weighted by atomic mass is 10.0. The molecular formula is C9H6F4O.